The Morgan fingerprint density at radius 1 is 0.846 bits per heavy atom. The summed E-state index contributed by atoms with van der Waals surface area (Å²) in [6, 6.07) is 11.4. The molecule has 3 rings (SSSR count). The molecular formula is C32H46N2O5. The van der Waals surface area contributed by atoms with Crippen LogP contribution in [0.3, 0.4) is 0 Å². The molecular weight excluding hydrogens is 492 g/mol. The second kappa shape index (κ2) is 11.1. The van der Waals surface area contributed by atoms with Gasteiger partial charge in [0.25, 0.3) is 5.91 Å². The van der Waals surface area contributed by atoms with Crippen LogP contribution in [0.15, 0.2) is 36.4 Å². The standard InChI is InChI=1S/C32H46N2O5/c1-21(2)38-29(37)32(9,10)39-24-13-11-12-23(20-24)33-14-16-34(17-15-33)28(36)22-18-25(30(3,4)5)27(35)26(19-22)31(6,7)8/h11-13,18-21,35H,14-17H2,1-10H3. The normalized spacial score (nSPS) is 14.9. The maximum absolute atomic E-state index is 13.6. The summed E-state index contributed by atoms with van der Waals surface area (Å²) in [6.45, 7) is 21.8. The number of amides is 1. The summed E-state index contributed by atoms with van der Waals surface area (Å²) in [5, 5.41) is 11.0. The minimum Gasteiger partial charge on any atom is -0.507 e. The van der Waals surface area contributed by atoms with Gasteiger partial charge < -0.3 is 24.4 Å². The summed E-state index contributed by atoms with van der Waals surface area (Å²) in [6.07, 6.45) is -0.215. The van der Waals surface area contributed by atoms with E-state index in [1.807, 2.05) is 96.7 Å². The molecule has 0 saturated carbocycles. The maximum Gasteiger partial charge on any atom is 0.350 e. The van der Waals surface area contributed by atoms with Crippen LogP contribution in [0.2, 0.25) is 0 Å². The van der Waals surface area contributed by atoms with Crippen LogP contribution in [-0.4, -0.2) is 59.8 Å². The number of rotatable bonds is 6. The molecule has 0 spiro atoms. The second-order valence-corrected chi connectivity index (χ2v) is 13.3. The highest BCUT2D eigenvalue weighted by molar-refractivity contribution is 5.95. The Hall–Kier alpha value is -3.22. The number of ether oxygens (including phenoxy) is 2. The first kappa shape index (κ1) is 30.3. The molecule has 214 valence electrons. The van der Waals surface area contributed by atoms with Crippen LogP contribution in [0, 0.1) is 0 Å². The van der Waals surface area contributed by atoms with Crippen LogP contribution in [0.5, 0.6) is 11.5 Å². The van der Waals surface area contributed by atoms with E-state index >= 15 is 0 Å². The number of anilines is 1. The minimum absolute atomic E-state index is 0.0202. The molecule has 1 amide bonds. The number of piperazine rings is 1. The number of nitrogens with zero attached hydrogens (tertiary/aromatic N) is 2. The fraction of sp³-hybridized carbons (Fsp3) is 0.562. The molecule has 1 heterocycles. The SMILES string of the molecule is CC(C)OC(=O)C(C)(C)Oc1cccc(N2CCN(C(=O)c3cc(C(C)(C)C)c(O)c(C(C)(C)C)c3)CC2)c1. The van der Waals surface area contributed by atoms with E-state index in [1.165, 1.54) is 0 Å². The van der Waals surface area contributed by atoms with Gasteiger partial charge in [0.2, 0.25) is 0 Å². The fourth-order valence-electron chi connectivity index (χ4n) is 4.69. The zero-order valence-corrected chi connectivity index (χ0v) is 25.3. The summed E-state index contributed by atoms with van der Waals surface area (Å²) in [4.78, 5) is 30.2. The highest BCUT2D eigenvalue weighted by Gasteiger charge is 2.33. The maximum atomic E-state index is 13.6. The summed E-state index contributed by atoms with van der Waals surface area (Å²) in [5.74, 6) is 0.436. The number of phenolic OH excluding ortho intramolecular Hbond substituents is 1. The molecule has 0 radical (unpaired) electrons. The predicted molar refractivity (Wildman–Crippen MR) is 156 cm³/mol. The summed E-state index contributed by atoms with van der Waals surface area (Å²) < 4.78 is 11.4. The third-order valence-electron chi connectivity index (χ3n) is 6.93. The molecule has 0 bridgehead atoms. The van der Waals surface area contributed by atoms with Gasteiger partial charge in [-0.25, -0.2) is 4.79 Å². The largest absolute Gasteiger partial charge is 0.507 e. The highest BCUT2D eigenvalue weighted by atomic mass is 16.6. The fourth-order valence-corrected chi connectivity index (χ4v) is 4.69. The van der Waals surface area contributed by atoms with Gasteiger partial charge in [0.1, 0.15) is 11.5 Å². The highest BCUT2D eigenvalue weighted by Crippen LogP contribution is 2.40. The van der Waals surface area contributed by atoms with E-state index in [2.05, 4.69) is 4.90 Å². The molecule has 1 saturated heterocycles. The predicted octanol–water partition coefficient (Wildman–Crippen LogP) is 6.06. The third-order valence-corrected chi connectivity index (χ3v) is 6.93. The van der Waals surface area contributed by atoms with Crippen LogP contribution >= 0.6 is 0 Å². The number of aromatic hydroxyl groups is 1. The zero-order chi connectivity index (χ0) is 29.3. The molecule has 39 heavy (non-hydrogen) atoms. The Bertz CT molecular complexity index is 1160. The van der Waals surface area contributed by atoms with Gasteiger partial charge in [0.15, 0.2) is 5.60 Å². The van der Waals surface area contributed by atoms with Crippen LogP contribution in [0.4, 0.5) is 5.69 Å². The van der Waals surface area contributed by atoms with E-state index in [0.717, 1.165) is 16.8 Å². The number of phenols is 1. The number of hydrogen-bond donors (Lipinski definition) is 1. The zero-order valence-electron chi connectivity index (χ0n) is 25.3. The van der Waals surface area contributed by atoms with Crippen molar-refractivity contribution in [2.24, 2.45) is 0 Å². The van der Waals surface area contributed by atoms with Crippen molar-refractivity contribution in [3.05, 3.63) is 53.1 Å². The molecule has 0 unspecified atom stereocenters. The van der Waals surface area contributed by atoms with Crippen molar-refractivity contribution >= 4 is 17.6 Å². The number of hydrogen-bond acceptors (Lipinski definition) is 6. The Balaban J connectivity index is 1.74. The average Bonchev–Trinajstić information content (AvgIpc) is 2.82. The van der Waals surface area contributed by atoms with Crippen LogP contribution in [0.25, 0.3) is 0 Å². The quantitative estimate of drug-likeness (QED) is 0.451. The van der Waals surface area contributed by atoms with E-state index in [1.54, 1.807) is 13.8 Å². The van der Waals surface area contributed by atoms with E-state index in [-0.39, 0.29) is 28.6 Å². The average molecular weight is 539 g/mol. The lowest BCUT2D eigenvalue weighted by molar-refractivity contribution is -0.163. The van der Waals surface area contributed by atoms with Crippen molar-refractivity contribution in [1.29, 1.82) is 0 Å². The minimum atomic E-state index is -1.12. The van der Waals surface area contributed by atoms with Gasteiger partial charge >= 0.3 is 5.97 Å². The smallest absolute Gasteiger partial charge is 0.350 e. The van der Waals surface area contributed by atoms with Gasteiger partial charge in [-0.05, 0) is 62.8 Å². The number of esters is 1. The van der Waals surface area contributed by atoms with E-state index in [4.69, 9.17) is 9.47 Å². The molecule has 0 aliphatic carbocycles. The van der Waals surface area contributed by atoms with Gasteiger partial charge in [0.05, 0.1) is 6.10 Å². The first-order chi connectivity index (χ1) is 17.9. The van der Waals surface area contributed by atoms with Crippen molar-refractivity contribution in [2.45, 2.75) is 91.8 Å². The summed E-state index contributed by atoms with van der Waals surface area (Å²) in [7, 11) is 0. The van der Waals surface area contributed by atoms with Crippen molar-refractivity contribution in [1.82, 2.24) is 4.90 Å². The molecule has 7 nitrogen and oxygen atoms in total. The van der Waals surface area contributed by atoms with Gasteiger partial charge in [-0.1, -0.05) is 47.6 Å². The molecule has 2 aromatic rings. The summed E-state index contributed by atoms with van der Waals surface area (Å²) in [5.41, 5.74) is 1.45. The molecule has 1 aliphatic rings. The van der Waals surface area contributed by atoms with Crippen molar-refractivity contribution in [3.8, 4) is 11.5 Å². The molecule has 2 aromatic carbocycles. The van der Waals surface area contributed by atoms with E-state index < -0.39 is 11.6 Å². The van der Waals surface area contributed by atoms with Gasteiger partial charge in [-0.15, -0.1) is 0 Å². The van der Waals surface area contributed by atoms with Gasteiger partial charge in [-0.2, -0.15) is 0 Å². The lowest BCUT2D eigenvalue weighted by Crippen LogP contribution is -2.49. The third kappa shape index (κ3) is 7.25. The van der Waals surface area contributed by atoms with Crippen LogP contribution in [0.1, 0.15) is 90.7 Å². The van der Waals surface area contributed by atoms with Gasteiger partial charge in [0, 0.05) is 54.6 Å². The summed E-state index contributed by atoms with van der Waals surface area (Å²) >= 11 is 0. The molecule has 1 N–H and O–H groups in total. The van der Waals surface area contributed by atoms with Crippen molar-refractivity contribution in [2.75, 3.05) is 31.1 Å². The van der Waals surface area contributed by atoms with Gasteiger partial charge in [-0.3, -0.25) is 4.79 Å². The Morgan fingerprint density at radius 2 is 1.38 bits per heavy atom. The monoisotopic (exact) mass is 538 g/mol. The van der Waals surface area contributed by atoms with Crippen molar-refractivity contribution in [3.63, 3.8) is 0 Å². The van der Waals surface area contributed by atoms with Crippen LogP contribution < -0.4 is 9.64 Å². The van der Waals surface area contributed by atoms with E-state index in [0.29, 0.717) is 37.5 Å². The molecule has 1 fully saturated rings. The molecule has 7 heteroatoms. The first-order valence-electron chi connectivity index (χ1n) is 13.8. The van der Waals surface area contributed by atoms with E-state index in [9.17, 15) is 14.7 Å². The topological polar surface area (TPSA) is 79.3 Å². The lowest BCUT2D eigenvalue weighted by atomic mass is 9.78. The Labute approximate surface area is 234 Å². The Kier molecular flexibility index (Phi) is 8.63. The molecule has 0 atom stereocenters. The molecule has 1 aliphatic heterocycles. The Morgan fingerprint density at radius 3 is 1.87 bits per heavy atom. The number of carbonyl (C=O) groups excluding carboxylic acids is 2. The second-order valence-electron chi connectivity index (χ2n) is 13.3. The number of carbonyl (C=O) groups is 2. The lowest BCUT2D eigenvalue weighted by Gasteiger charge is -2.37. The van der Waals surface area contributed by atoms with Crippen molar-refractivity contribution < 1.29 is 24.2 Å². The molecule has 0 aromatic heterocycles. The van der Waals surface area contributed by atoms with Crippen LogP contribution in [-0.2, 0) is 20.4 Å². The number of benzene rings is 2. The first-order valence-corrected chi connectivity index (χ1v) is 13.8.